The molecule has 4 saturated carbocycles. The first-order chi connectivity index (χ1) is 9.19. The maximum absolute atomic E-state index is 12.2. The fourth-order valence-electron chi connectivity index (χ4n) is 5.71. The Hall–Kier alpha value is -1.11. The molecular weight excluding hydrogens is 232 g/mol. The standard InChI is InChI=1S/C18H22O/c1-12(19)18-10-14-7-15(11-18)16(17(18)9-14)8-13-5-3-2-4-6-13/h2-6,14-17H,7-11H2,1H3. The molecule has 5 rings (SSSR count). The number of hydrogen-bond acceptors (Lipinski definition) is 1. The van der Waals surface area contributed by atoms with Gasteiger partial charge in [0.15, 0.2) is 0 Å². The molecule has 4 aliphatic carbocycles. The number of Topliss-reactive ketones (excluding diaryl/α,β-unsaturated/α-hetero) is 1. The molecule has 4 aliphatic rings. The van der Waals surface area contributed by atoms with Crippen LogP contribution >= 0.6 is 0 Å². The molecule has 0 aliphatic heterocycles. The molecule has 1 nitrogen and oxygen atoms in total. The minimum atomic E-state index is 0.0903. The van der Waals surface area contributed by atoms with Crippen molar-refractivity contribution in [1.29, 1.82) is 0 Å². The van der Waals surface area contributed by atoms with Crippen LogP contribution in [0.2, 0.25) is 0 Å². The highest BCUT2D eigenvalue weighted by Gasteiger charge is 2.63. The van der Waals surface area contributed by atoms with Crippen molar-refractivity contribution in [2.75, 3.05) is 0 Å². The lowest BCUT2D eigenvalue weighted by atomic mass is 9.73. The topological polar surface area (TPSA) is 17.1 Å². The van der Waals surface area contributed by atoms with E-state index >= 15 is 0 Å². The van der Waals surface area contributed by atoms with Gasteiger partial charge in [0.25, 0.3) is 0 Å². The molecule has 1 aromatic rings. The van der Waals surface area contributed by atoms with E-state index in [1.165, 1.54) is 37.7 Å². The van der Waals surface area contributed by atoms with Gasteiger partial charge in [-0.3, -0.25) is 4.79 Å². The average Bonchev–Trinajstić information content (AvgIpc) is 2.79. The van der Waals surface area contributed by atoms with E-state index in [1.807, 2.05) is 6.92 Å². The summed E-state index contributed by atoms with van der Waals surface area (Å²) in [5.74, 6) is 3.63. The van der Waals surface area contributed by atoms with Gasteiger partial charge in [0.05, 0.1) is 0 Å². The first kappa shape index (κ1) is 11.7. The number of carbonyl (C=O) groups is 1. The van der Waals surface area contributed by atoms with Gasteiger partial charge in [-0.25, -0.2) is 0 Å². The van der Waals surface area contributed by atoms with Crippen LogP contribution in [0.3, 0.4) is 0 Å². The summed E-state index contributed by atoms with van der Waals surface area (Å²) in [6.07, 6.45) is 6.31. The van der Waals surface area contributed by atoms with E-state index in [9.17, 15) is 4.79 Å². The second-order valence-corrected chi connectivity index (χ2v) is 7.18. The Kier molecular flexibility index (Phi) is 2.43. The van der Waals surface area contributed by atoms with Crippen molar-refractivity contribution in [2.45, 2.75) is 39.0 Å². The van der Waals surface area contributed by atoms with Crippen LogP contribution in [0.4, 0.5) is 0 Å². The summed E-state index contributed by atoms with van der Waals surface area (Å²) in [5.41, 5.74) is 1.55. The third-order valence-corrected chi connectivity index (χ3v) is 6.35. The molecule has 0 heterocycles. The monoisotopic (exact) mass is 254 g/mol. The highest BCUT2D eigenvalue weighted by molar-refractivity contribution is 5.84. The second-order valence-electron chi connectivity index (χ2n) is 7.18. The van der Waals surface area contributed by atoms with Gasteiger partial charge in [-0.2, -0.15) is 0 Å². The summed E-state index contributed by atoms with van der Waals surface area (Å²) in [7, 11) is 0. The predicted octanol–water partition coefficient (Wildman–Crippen LogP) is 3.87. The van der Waals surface area contributed by atoms with Crippen LogP contribution in [0.15, 0.2) is 30.3 Å². The second kappa shape index (κ2) is 3.94. The van der Waals surface area contributed by atoms with Gasteiger partial charge in [-0.15, -0.1) is 0 Å². The van der Waals surface area contributed by atoms with Crippen LogP contribution in [0.5, 0.6) is 0 Å². The summed E-state index contributed by atoms with van der Waals surface area (Å²) in [6.45, 7) is 1.85. The number of carbonyl (C=O) groups excluding carboxylic acids is 1. The van der Waals surface area contributed by atoms with Gasteiger partial charge in [-0.1, -0.05) is 30.3 Å². The smallest absolute Gasteiger partial charge is 0.136 e. The normalized spacial score (nSPS) is 42.8. The van der Waals surface area contributed by atoms with Crippen LogP contribution in [0.1, 0.15) is 38.2 Å². The van der Waals surface area contributed by atoms with Crippen molar-refractivity contribution in [3.05, 3.63) is 35.9 Å². The minimum Gasteiger partial charge on any atom is -0.299 e. The summed E-state index contributed by atoms with van der Waals surface area (Å²) >= 11 is 0. The fourth-order valence-corrected chi connectivity index (χ4v) is 5.71. The number of rotatable bonds is 3. The van der Waals surface area contributed by atoms with Gasteiger partial charge >= 0.3 is 0 Å². The molecule has 4 bridgehead atoms. The number of ketones is 1. The van der Waals surface area contributed by atoms with Crippen molar-refractivity contribution in [1.82, 2.24) is 0 Å². The zero-order chi connectivity index (χ0) is 13.0. The Balaban J connectivity index is 1.64. The average molecular weight is 254 g/mol. The first-order valence-electron chi connectivity index (χ1n) is 7.74. The third-order valence-electron chi connectivity index (χ3n) is 6.35. The molecule has 4 fully saturated rings. The maximum atomic E-state index is 12.2. The van der Waals surface area contributed by atoms with Crippen LogP contribution < -0.4 is 0 Å². The molecule has 0 spiro atoms. The van der Waals surface area contributed by atoms with Gasteiger partial charge in [0.2, 0.25) is 0 Å². The van der Waals surface area contributed by atoms with Crippen LogP contribution in [0, 0.1) is 29.1 Å². The summed E-state index contributed by atoms with van der Waals surface area (Å²) < 4.78 is 0. The number of benzene rings is 1. The summed E-state index contributed by atoms with van der Waals surface area (Å²) in [6, 6.07) is 10.9. The molecule has 0 saturated heterocycles. The van der Waals surface area contributed by atoms with Gasteiger partial charge in [0.1, 0.15) is 5.78 Å². The Morgan fingerprint density at radius 3 is 2.74 bits per heavy atom. The van der Waals surface area contributed by atoms with Crippen molar-refractivity contribution >= 4 is 5.78 Å². The highest BCUT2D eigenvalue weighted by atomic mass is 16.1. The molecule has 5 atom stereocenters. The zero-order valence-corrected chi connectivity index (χ0v) is 11.6. The van der Waals surface area contributed by atoms with Gasteiger partial charge < -0.3 is 0 Å². The van der Waals surface area contributed by atoms with E-state index in [0.29, 0.717) is 11.7 Å². The fraction of sp³-hybridized carbons (Fsp3) is 0.611. The summed E-state index contributed by atoms with van der Waals surface area (Å²) in [4.78, 5) is 12.2. The van der Waals surface area contributed by atoms with Crippen molar-refractivity contribution in [3.8, 4) is 0 Å². The van der Waals surface area contributed by atoms with Crippen LogP contribution in [0.25, 0.3) is 0 Å². The van der Waals surface area contributed by atoms with E-state index in [1.54, 1.807) is 0 Å². The molecule has 0 N–H and O–H groups in total. The first-order valence-corrected chi connectivity index (χ1v) is 7.74. The van der Waals surface area contributed by atoms with E-state index in [4.69, 9.17) is 0 Å². The molecule has 1 heteroatoms. The number of hydrogen-bond donors (Lipinski definition) is 0. The minimum absolute atomic E-state index is 0.0903. The lowest BCUT2D eigenvalue weighted by Crippen LogP contribution is -2.31. The van der Waals surface area contributed by atoms with Crippen LogP contribution in [-0.4, -0.2) is 5.78 Å². The molecular formula is C18H22O. The van der Waals surface area contributed by atoms with E-state index in [0.717, 1.165) is 17.8 Å². The molecule has 0 radical (unpaired) electrons. The Labute approximate surface area is 115 Å². The third kappa shape index (κ3) is 1.57. The quantitative estimate of drug-likeness (QED) is 0.800. The molecule has 100 valence electrons. The van der Waals surface area contributed by atoms with Gasteiger partial charge in [0, 0.05) is 5.41 Å². The van der Waals surface area contributed by atoms with E-state index in [-0.39, 0.29) is 5.41 Å². The summed E-state index contributed by atoms with van der Waals surface area (Å²) in [5, 5.41) is 0. The lowest BCUT2D eigenvalue weighted by Gasteiger charge is -2.32. The van der Waals surface area contributed by atoms with E-state index < -0.39 is 0 Å². The molecule has 5 unspecified atom stereocenters. The zero-order valence-electron chi connectivity index (χ0n) is 11.6. The molecule has 1 aromatic carbocycles. The molecule has 0 amide bonds. The van der Waals surface area contributed by atoms with Crippen molar-refractivity contribution in [2.24, 2.45) is 29.1 Å². The SMILES string of the molecule is CC(=O)C12CC3CC(C1)C(Cc1ccccc1)C2C3. The maximum Gasteiger partial charge on any atom is 0.136 e. The lowest BCUT2D eigenvalue weighted by molar-refractivity contribution is -0.128. The Bertz CT molecular complexity index is 506. The molecule has 19 heavy (non-hydrogen) atoms. The Morgan fingerprint density at radius 2 is 2.00 bits per heavy atom. The molecule has 0 aromatic heterocycles. The largest absolute Gasteiger partial charge is 0.299 e. The van der Waals surface area contributed by atoms with E-state index in [2.05, 4.69) is 30.3 Å². The predicted molar refractivity (Wildman–Crippen MR) is 75.7 cm³/mol. The van der Waals surface area contributed by atoms with Crippen molar-refractivity contribution < 1.29 is 4.79 Å². The van der Waals surface area contributed by atoms with Crippen molar-refractivity contribution in [3.63, 3.8) is 0 Å². The Morgan fingerprint density at radius 1 is 1.21 bits per heavy atom. The van der Waals surface area contributed by atoms with Crippen LogP contribution in [-0.2, 0) is 11.2 Å². The van der Waals surface area contributed by atoms with Gasteiger partial charge in [-0.05, 0) is 68.3 Å². The highest BCUT2D eigenvalue weighted by Crippen LogP contribution is 2.68.